The van der Waals surface area contributed by atoms with Gasteiger partial charge in [0.1, 0.15) is 27.8 Å². The van der Waals surface area contributed by atoms with E-state index in [0.717, 1.165) is 0 Å². The van der Waals surface area contributed by atoms with E-state index in [9.17, 15) is 0 Å². The first-order chi connectivity index (χ1) is 5.86. The van der Waals surface area contributed by atoms with Crippen LogP contribution in [0, 0.1) is 0 Å². The minimum absolute atomic E-state index is 0.665. The molecule has 1 aromatic carbocycles. The van der Waals surface area contributed by atoms with Crippen LogP contribution in [0.3, 0.4) is 0 Å². The molecule has 0 amide bonds. The first-order valence-electron chi connectivity index (χ1n) is 3.26. The standard InChI is InChI=1S/C7H5Cl5P/c8-7(9,10)13(11,12)6-4-2-1-3-5-6/h1-5H/q+1. The van der Waals surface area contributed by atoms with Gasteiger partial charge < -0.3 is 0 Å². The monoisotopic (exact) mass is 295 g/mol. The van der Waals surface area contributed by atoms with Gasteiger partial charge in [-0.1, -0.05) is 18.2 Å². The molecule has 0 aliphatic heterocycles. The highest BCUT2D eigenvalue weighted by atomic mass is 35.9. The maximum Gasteiger partial charge on any atom is 0.337 e. The molecule has 1 rings (SSSR count). The molecule has 0 heterocycles. The second kappa shape index (κ2) is 4.31. The van der Waals surface area contributed by atoms with Gasteiger partial charge in [-0.25, -0.2) is 0 Å². The highest BCUT2D eigenvalue weighted by Crippen LogP contribution is 2.80. The van der Waals surface area contributed by atoms with Crippen LogP contribution in [0.15, 0.2) is 30.3 Å². The van der Waals surface area contributed by atoms with Crippen LogP contribution >= 0.6 is 63.3 Å². The zero-order chi connectivity index (χ0) is 10.1. The van der Waals surface area contributed by atoms with Crippen LogP contribution in [-0.2, 0) is 0 Å². The van der Waals surface area contributed by atoms with Crippen LogP contribution in [0.25, 0.3) is 0 Å². The molecular formula is C7H5Cl5P+. The van der Waals surface area contributed by atoms with Crippen LogP contribution in [0.4, 0.5) is 0 Å². The lowest BCUT2D eigenvalue weighted by atomic mass is 10.4. The molecular weight excluding hydrogens is 292 g/mol. The number of alkyl halides is 3. The Morgan fingerprint density at radius 3 is 1.77 bits per heavy atom. The molecule has 13 heavy (non-hydrogen) atoms. The largest absolute Gasteiger partial charge is 0.337 e. The molecule has 6 heteroatoms. The first-order valence-corrected chi connectivity index (χ1v) is 8.00. The fourth-order valence-corrected chi connectivity index (χ4v) is 3.16. The summed E-state index contributed by atoms with van der Waals surface area (Å²) in [5.41, 5.74) is 0. The van der Waals surface area contributed by atoms with E-state index in [-0.39, 0.29) is 0 Å². The van der Waals surface area contributed by atoms with Gasteiger partial charge in [0.15, 0.2) is 0 Å². The van der Waals surface area contributed by atoms with Crippen LogP contribution in [0.2, 0.25) is 0 Å². The van der Waals surface area contributed by atoms with Gasteiger partial charge in [0.2, 0.25) is 0 Å². The van der Waals surface area contributed by atoms with E-state index in [1.807, 2.05) is 6.07 Å². The van der Waals surface area contributed by atoms with Gasteiger partial charge in [0.05, 0.1) is 0 Å². The molecule has 0 saturated carbocycles. The summed E-state index contributed by atoms with van der Waals surface area (Å²) in [7, 11) is 0. The Bertz CT molecular complexity index is 279. The van der Waals surface area contributed by atoms with Crippen LogP contribution < -0.4 is 5.30 Å². The third-order valence-electron chi connectivity index (χ3n) is 1.40. The number of halogens is 5. The van der Waals surface area contributed by atoms with Crippen molar-refractivity contribution >= 4 is 68.6 Å². The van der Waals surface area contributed by atoms with E-state index >= 15 is 0 Å². The molecule has 0 radical (unpaired) electrons. The van der Waals surface area contributed by atoms with Crippen LogP contribution in [0.1, 0.15) is 0 Å². The molecule has 72 valence electrons. The topological polar surface area (TPSA) is 0 Å². The zero-order valence-electron chi connectivity index (χ0n) is 6.22. The van der Waals surface area contributed by atoms with E-state index in [0.29, 0.717) is 5.30 Å². The minimum atomic E-state index is -2.74. The third-order valence-corrected chi connectivity index (χ3v) is 9.51. The van der Waals surface area contributed by atoms with E-state index < -0.39 is 9.50 Å². The van der Waals surface area contributed by atoms with Crippen molar-refractivity contribution in [1.29, 1.82) is 0 Å². The van der Waals surface area contributed by atoms with Gasteiger partial charge in [0.25, 0.3) is 5.97 Å². The summed E-state index contributed by atoms with van der Waals surface area (Å²) in [6.45, 7) is 0. The lowest BCUT2D eigenvalue weighted by Crippen LogP contribution is -2.13. The molecule has 0 unspecified atom stereocenters. The first kappa shape index (κ1) is 12.2. The molecule has 0 atom stereocenters. The van der Waals surface area contributed by atoms with E-state index in [1.165, 1.54) is 0 Å². The fraction of sp³-hybridized carbons (Fsp3) is 0.143. The highest BCUT2D eigenvalue weighted by molar-refractivity contribution is 8.25. The van der Waals surface area contributed by atoms with Crippen molar-refractivity contribution in [3.05, 3.63) is 30.3 Å². The Morgan fingerprint density at radius 1 is 0.923 bits per heavy atom. The molecule has 0 aliphatic rings. The van der Waals surface area contributed by atoms with Crippen molar-refractivity contribution in [3.8, 4) is 0 Å². The summed E-state index contributed by atoms with van der Waals surface area (Å²) in [5.74, 6) is -2.74. The number of hydrogen-bond donors (Lipinski definition) is 0. The van der Waals surface area contributed by atoms with Crippen LogP contribution in [-0.4, -0.2) is 3.53 Å². The Labute approximate surface area is 102 Å². The predicted molar refractivity (Wildman–Crippen MR) is 65.0 cm³/mol. The second-order valence-electron chi connectivity index (χ2n) is 2.32. The van der Waals surface area contributed by atoms with Crippen molar-refractivity contribution in [2.75, 3.05) is 0 Å². The van der Waals surface area contributed by atoms with Crippen LogP contribution in [0.5, 0.6) is 0 Å². The second-order valence-corrected chi connectivity index (χ2v) is 11.2. The normalized spacial score (nSPS) is 13.0. The average Bonchev–Trinajstić information content (AvgIpc) is 2.04. The summed E-state index contributed by atoms with van der Waals surface area (Å²) in [6, 6.07) is 8.93. The maximum absolute atomic E-state index is 6.02. The van der Waals surface area contributed by atoms with E-state index in [2.05, 4.69) is 0 Å². The van der Waals surface area contributed by atoms with E-state index in [1.54, 1.807) is 24.3 Å². The summed E-state index contributed by atoms with van der Waals surface area (Å²) in [6.07, 6.45) is 0. The molecule has 0 bridgehead atoms. The average molecular weight is 297 g/mol. The van der Waals surface area contributed by atoms with Crippen molar-refractivity contribution < 1.29 is 0 Å². The maximum atomic E-state index is 6.02. The predicted octanol–water partition coefficient (Wildman–Crippen LogP) is 4.96. The van der Waals surface area contributed by atoms with Gasteiger partial charge in [0, 0.05) is 0 Å². The zero-order valence-corrected chi connectivity index (χ0v) is 10.9. The molecule has 0 spiro atoms. The molecule has 0 aromatic heterocycles. The molecule has 0 saturated heterocycles. The Balaban J connectivity index is 3.08. The van der Waals surface area contributed by atoms with Gasteiger partial charge in [-0.2, -0.15) is 0 Å². The summed E-state index contributed by atoms with van der Waals surface area (Å²) >= 11 is 29.1. The van der Waals surface area contributed by atoms with Gasteiger partial charge in [-0.3, -0.25) is 0 Å². The summed E-state index contributed by atoms with van der Waals surface area (Å²) in [5, 5.41) is 0.665. The van der Waals surface area contributed by atoms with Crippen molar-refractivity contribution in [1.82, 2.24) is 0 Å². The van der Waals surface area contributed by atoms with Gasteiger partial charge in [-0.15, -0.1) is 0 Å². The molecule has 0 aliphatic carbocycles. The molecule has 1 aromatic rings. The highest BCUT2D eigenvalue weighted by Gasteiger charge is 2.58. The quantitative estimate of drug-likeness (QED) is 0.507. The molecule has 0 fully saturated rings. The van der Waals surface area contributed by atoms with E-state index in [4.69, 9.17) is 57.3 Å². The number of rotatable bonds is 1. The Hall–Kier alpha value is 1.10. The van der Waals surface area contributed by atoms with Crippen molar-refractivity contribution in [2.45, 2.75) is 3.53 Å². The smallest absolute Gasteiger partial charge is 0.0620 e. The SMILES string of the molecule is ClC(Cl)(Cl)[P+](Cl)(Cl)c1ccccc1. The van der Waals surface area contributed by atoms with Crippen molar-refractivity contribution in [3.63, 3.8) is 0 Å². The Morgan fingerprint density at radius 2 is 1.38 bits per heavy atom. The van der Waals surface area contributed by atoms with Gasteiger partial charge in [-0.05, 0) is 46.9 Å². The Kier molecular flexibility index (Phi) is 4.03. The summed E-state index contributed by atoms with van der Waals surface area (Å²) in [4.78, 5) is 0. The molecule has 0 N–H and O–H groups in total. The summed E-state index contributed by atoms with van der Waals surface area (Å²) < 4.78 is -1.64. The lowest BCUT2D eigenvalue weighted by Gasteiger charge is -2.16. The fourth-order valence-electron chi connectivity index (χ4n) is 0.762. The van der Waals surface area contributed by atoms with Crippen molar-refractivity contribution in [2.24, 2.45) is 0 Å². The lowest BCUT2D eigenvalue weighted by molar-refractivity contribution is 1.71. The number of benzene rings is 1. The minimum Gasteiger partial charge on any atom is -0.0620 e. The molecule has 0 nitrogen and oxygen atoms in total. The van der Waals surface area contributed by atoms with Gasteiger partial charge >= 0.3 is 3.53 Å². The number of hydrogen-bond acceptors (Lipinski definition) is 0. The third kappa shape index (κ3) is 2.78.